The van der Waals surface area contributed by atoms with Gasteiger partial charge >= 0.3 is 0 Å². The molecule has 1 aromatic carbocycles. The summed E-state index contributed by atoms with van der Waals surface area (Å²) in [5.41, 5.74) is 8.77. The first-order valence-electron chi connectivity index (χ1n) is 5.99. The molecule has 0 fully saturated rings. The van der Waals surface area contributed by atoms with Crippen LogP contribution in [0, 0.1) is 6.92 Å². The second kappa shape index (κ2) is 4.47. The van der Waals surface area contributed by atoms with Gasteiger partial charge in [0.15, 0.2) is 5.82 Å². The maximum Gasteiger partial charge on any atom is 0.233 e. The van der Waals surface area contributed by atoms with Gasteiger partial charge in [0.05, 0.1) is 5.69 Å². The Labute approximate surface area is 119 Å². The molecule has 6 heteroatoms. The molecule has 0 atom stereocenters. The van der Waals surface area contributed by atoms with E-state index in [2.05, 4.69) is 45.1 Å². The Kier molecular flexibility index (Phi) is 2.91. The minimum atomic E-state index is 0.393. The van der Waals surface area contributed by atoms with Crippen molar-refractivity contribution in [3.63, 3.8) is 0 Å². The minimum absolute atomic E-state index is 0.393. The van der Waals surface area contributed by atoms with Crippen molar-refractivity contribution in [2.75, 3.05) is 0 Å². The summed E-state index contributed by atoms with van der Waals surface area (Å²) in [4.78, 5) is 4.50. The van der Waals surface area contributed by atoms with Crippen LogP contribution in [0.3, 0.4) is 0 Å². The molecule has 0 bridgehead atoms. The molecule has 0 aliphatic heterocycles. The molecule has 19 heavy (non-hydrogen) atoms. The smallest absolute Gasteiger partial charge is 0.233 e. The van der Waals surface area contributed by atoms with E-state index in [4.69, 9.17) is 5.73 Å². The topological polar surface area (TPSA) is 61.1 Å². The van der Waals surface area contributed by atoms with Gasteiger partial charge in [-0.3, -0.25) is 4.57 Å². The summed E-state index contributed by atoms with van der Waals surface area (Å²) in [6.07, 6.45) is 0. The molecule has 98 valence electrons. The van der Waals surface area contributed by atoms with Gasteiger partial charge in [-0.1, -0.05) is 24.3 Å². The van der Waals surface area contributed by atoms with E-state index in [1.165, 1.54) is 5.56 Å². The molecule has 2 N–H and O–H groups in total. The third-order valence-corrected chi connectivity index (χ3v) is 4.03. The van der Waals surface area contributed by atoms with Crippen molar-refractivity contribution >= 4 is 21.7 Å². The molecule has 5 nitrogen and oxygen atoms in total. The first-order chi connectivity index (χ1) is 9.13. The molecule has 0 aliphatic rings. The molecule has 2 aromatic heterocycles. The van der Waals surface area contributed by atoms with E-state index in [0.717, 1.165) is 27.5 Å². The molecule has 0 amide bonds. The highest BCUT2D eigenvalue weighted by molar-refractivity contribution is 9.10. The SMILES string of the molecule is Cc1ccccc1-c1nn2c(Br)c(CN)nc2n1C. The number of hydrogen-bond donors (Lipinski definition) is 1. The van der Waals surface area contributed by atoms with Gasteiger partial charge in [-0.2, -0.15) is 4.52 Å². The second-order valence-electron chi connectivity index (χ2n) is 4.46. The number of nitrogens with zero attached hydrogens (tertiary/aromatic N) is 4. The van der Waals surface area contributed by atoms with Gasteiger partial charge in [-0.15, -0.1) is 5.10 Å². The average molecular weight is 320 g/mol. The van der Waals surface area contributed by atoms with Crippen molar-refractivity contribution in [1.82, 2.24) is 19.2 Å². The normalized spacial score (nSPS) is 11.4. The van der Waals surface area contributed by atoms with Gasteiger partial charge in [0.2, 0.25) is 5.78 Å². The summed E-state index contributed by atoms with van der Waals surface area (Å²) >= 11 is 3.50. The van der Waals surface area contributed by atoms with Crippen molar-refractivity contribution in [2.24, 2.45) is 12.8 Å². The van der Waals surface area contributed by atoms with Gasteiger partial charge in [0.25, 0.3) is 0 Å². The van der Waals surface area contributed by atoms with Gasteiger partial charge in [-0.25, -0.2) is 4.98 Å². The fraction of sp³-hybridized carbons (Fsp3) is 0.231. The Morgan fingerprint density at radius 3 is 2.68 bits per heavy atom. The van der Waals surface area contributed by atoms with Gasteiger partial charge in [0, 0.05) is 19.2 Å². The number of nitrogens with two attached hydrogens (primary N) is 1. The lowest BCUT2D eigenvalue weighted by Gasteiger charge is -2.04. The lowest BCUT2D eigenvalue weighted by atomic mass is 10.1. The molecule has 3 aromatic rings. The lowest BCUT2D eigenvalue weighted by molar-refractivity contribution is 0.914. The maximum absolute atomic E-state index is 5.65. The summed E-state index contributed by atoms with van der Waals surface area (Å²) in [7, 11) is 1.96. The molecule has 0 unspecified atom stereocenters. The maximum atomic E-state index is 5.65. The monoisotopic (exact) mass is 319 g/mol. The first-order valence-corrected chi connectivity index (χ1v) is 6.78. The lowest BCUT2D eigenvalue weighted by Crippen LogP contribution is -2.00. The highest BCUT2D eigenvalue weighted by atomic mass is 79.9. The summed E-state index contributed by atoms with van der Waals surface area (Å²) in [5, 5.41) is 4.63. The van der Waals surface area contributed by atoms with Crippen LogP contribution in [0.2, 0.25) is 0 Å². The average Bonchev–Trinajstić information content (AvgIpc) is 2.89. The Morgan fingerprint density at radius 2 is 2.05 bits per heavy atom. The number of imidazole rings is 1. The highest BCUT2D eigenvalue weighted by Crippen LogP contribution is 2.25. The Bertz CT molecular complexity index is 756. The van der Waals surface area contributed by atoms with Crippen LogP contribution in [0.4, 0.5) is 0 Å². The second-order valence-corrected chi connectivity index (χ2v) is 5.21. The van der Waals surface area contributed by atoms with E-state index < -0.39 is 0 Å². The van der Waals surface area contributed by atoms with E-state index in [9.17, 15) is 0 Å². The Hall–Kier alpha value is -1.66. The molecular formula is C13H14BrN5. The van der Waals surface area contributed by atoms with Gasteiger partial charge in [0.1, 0.15) is 4.60 Å². The quantitative estimate of drug-likeness (QED) is 0.788. The Morgan fingerprint density at radius 1 is 1.32 bits per heavy atom. The number of aryl methyl sites for hydroxylation is 2. The fourth-order valence-electron chi connectivity index (χ4n) is 2.17. The van der Waals surface area contributed by atoms with Crippen molar-refractivity contribution in [2.45, 2.75) is 13.5 Å². The predicted molar refractivity (Wildman–Crippen MR) is 77.7 cm³/mol. The molecule has 0 radical (unpaired) electrons. The summed E-state index contributed by atoms with van der Waals surface area (Å²) in [6.45, 7) is 2.47. The standard InChI is InChI=1S/C13H14BrN5/c1-8-5-3-4-6-9(8)12-17-19-11(14)10(7-15)16-13(19)18(12)2/h3-6H,7,15H2,1-2H3. The van der Waals surface area contributed by atoms with Crippen molar-refractivity contribution in [3.05, 3.63) is 40.1 Å². The fourth-order valence-corrected chi connectivity index (χ4v) is 2.66. The number of rotatable bonds is 2. The van der Waals surface area contributed by atoms with E-state index >= 15 is 0 Å². The number of benzene rings is 1. The predicted octanol–water partition coefficient (Wildman–Crippen LogP) is 2.26. The highest BCUT2D eigenvalue weighted by Gasteiger charge is 2.17. The number of halogens is 1. The molecular weight excluding hydrogens is 306 g/mol. The van der Waals surface area contributed by atoms with E-state index in [1.807, 2.05) is 23.7 Å². The van der Waals surface area contributed by atoms with Gasteiger partial charge in [-0.05, 0) is 28.4 Å². The zero-order valence-corrected chi connectivity index (χ0v) is 12.3. The number of hydrogen-bond acceptors (Lipinski definition) is 3. The summed E-state index contributed by atoms with van der Waals surface area (Å²) < 4.78 is 4.58. The third kappa shape index (κ3) is 1.79. The van der Waals surface area contributed by atoms with Crippen LogP contribution in [-0.2, 0) is 13.6 Å². The van der Waals surface area contributed by atoms with Crippen LogP contribution in [0.15, 0.2) is 28.9 Å². The van der Waals surface area contributed by atoms with Crippen LogP contribution >= 0.6 is 15.9 Å². The largest absolute Gasteiger partial charge is 0.325 e. The molecule has 2 heterocycles. The van der Waals surface area contributed by atoms with Crippen LogP contribution in [-0.4, -0.2) is 19.2 Å². The van der Waals surface area contributed by atoms with Crippen LogP contribution in [0.25, 0.3) is 17.2 Å². The molecule has 0 saturated carbocycles. The van der Waals surface area contributed by atoms with Crippen molar-refractivity contribution in [3.8, 4) is 11.4 Å². The van der Waals surface area contributed by atoms with Crippen molar-refractivity contribution in [1.29, 1.82) is 0 Å². The molecule has 0 saturated heterocycles. The molecule has 0 aliphatic carbocycles. The van der Waals surface area contributed by atoms with E-state index in [-0.39, 0.29) is 0 Å². The summed E-state index contributed by atoms with van der Waals surface area (Å²) in [6, 6.07) is 8.18. The van der Waals surface area contributed by atoms with E-state index in [1.54, 1.807) is 4.52 Å². The first kappa shape index (κ1) is 12.4. The third-order valence-electron chi connectivity index (χ3n) is 3.24. The van der Waals surface area contributed by atoms with Crippen molar-refractivity contribution < 1.29 is 0 Å². The zero-order chi connectivity index (χ0) is 13.6. The molecule has 3 rings (SSSR count). The zero-order valence-electron chi connectivity index (χ0n) is 10.8. The van der Waals surface area contributed by atoms with E-state index in [0.29, 0.717) is 6.54 Å². The summed E-state index contributed by atoms with van der Waals surface area (Å²) in [5.74, 6) is 1.68. The van der Waals surface area contributed by atoms with Crippen LogP contribution in [0.1, 0.15) is 11.3 Å². The van der Waals surface area contributed by atoms with Crippen LogP contribution in [0.5, 0.6) is 0 Å². The van der Waals surface area contributed by atoms with Crippen LogP contribution < -0.4 is 5.73 Å². The number of fused-ring (bicyclic) bond motifs is 1. The van der Waals surface area contributed by atoms with Gasteiger partial charge < -0.3 is 5.73 Å². The number of aromatic nitrogens is 4. The molecule has 0 spiro atoms. The Balaban J connectivity index is 2.27. The minimum Gasteiger partial charge on any atom is -0.325 e.